The molecule has 0 aliphatic carbocycles. The van der Waals surface area contributed by atoms with Gasteiger partial charge in [0, 0.05) is 23.2 Å². The smallest absolute Gasteiger partial charge is 0.258 e. The van der Waals surface area contributed by atoms with Gasteiger partial charge in [0.1, 0.15) is 0 Å². The summed E-state index contributed by atoms with van der Waals surface area (Å²) >= 11 is 6.14. The second-order valence-corrected chi connectivity index (χ2v) is 6.27. The van der Waals surface area contributed by atoms with Gasteiger partial charge in [-0.1, -0.05) is 23.7 Å². The van der Waals surface area contributed by atoms with E-state index < -0.39 is 0 Å². The Morgan fingerprint density at radius 3 is 2.85 bits per heavy atom. The van der Waals surface area contributed by atoms with Crippen molar-refractivity contribution in [2.75, 3.05) is 10.6 Å². The van der Waals surface area contributed by atoms with Crippen LogP contribution in [0, 0.1) is 0 Å². The van der Waals surface area contributed by atoms with Crippen molar-refractivity contribution in [3.05, 3.63) is 58.6 Å². The predicted octanol–water partition coefficient (Wildman–Crippen LogP) is 3.26. The second kappa shape index (κ2) is 6.61. The highest BCUT2D eigenvalue weighted by atomic mass is 35.5. The van der Waals surface area contributed by atoms with E-state index in [2.05, 4.69) is 25.8 Å². The molecule has 0 fully saturated rings. The highest BCUT2D eigenvalue weighted by molar-refractivity contribution is 6.33. The number of hydrogen-bond donors (Lipinski definition) is 3. The number of carbonyl (C=O) groups excluding carboxylic acids is 2. The van der Waals surface area contributed by atoms with E-state index in [1.54, 1.807) is 24.3 Å². The lowest BCUT2D eigenvalue weighted by molar-refractivity contribution is -0.116. The Kier molecular flexibility index (Phi) is 4.14. The number of fused-ring (bicyclic) bond motifs is 1. The molecule has 130 valence electrons. The summed E-state index contributed by atoms with van der Waals surface area (Å²) in [5.74, 6) is 0.298. The SMILES string of the molecule is O=C1CCc2cc(C(=O)Nc3n[nH]c(-c4ccccc4Cl)n3)ccc2N1. The van der Waals surface area contributed by atoms with Crippen LogP contribution in [0.2, 0.25) is 5.02 Å². The minimum absolute atomic E-state index is 0.0115. The third-order valence-corrected chi connectivity index (χ3v) is 4.43. The first-order valence-corrected chi connectivity index (χ1v) is 8.39. The zero-order chi connectivity index (χ0) is 18.1. The summed E-state index contributed by atoms with van der Waals surface area (Å²) < 4.78 is 0. The summed E-state index contributed by atoms with van der Waals surface area (Å²) in [6.45, 7) is 0. The van der Waals surface area contributed by atoms with Crippen LogP contribution in [0.4, 0.5) is 11.6 Å². The molecule has 1 aliphatic heterocycles. The number of anilines is 2. The number of carbonyl (C=O) groups is 2. The monoisotopic (exact) mass is 367 g/mol. The number of nitrogens with zero attached hydrogens (tertiary/aromatic N) is 2. The molecule has 0 bridgehead atoms. The number of H-pyrrole nitrogens is 1. The lowest BCUT2D eigenvalue weighted by Gasteiger charge is -2.17. The lowest BCUT2D eigenvalue weighted by atomic mass is 10.0. The molecule has 4 rings (SSSR count). The van der Waals surface area contributed by atoms with E-state index in [1.165, 1.54) is 0 Å². The number of benzene rings is 2. The van der Waals surface area contributed by atoms with Gasteiger partial charge >= 0.3 is 0 Å². The molecule has 1 aliphatic rings. The van der Waals surface area contributed by atoms with Gasteiger partial charge in [0.05, 0.1) is 5.02 Å². The normalized spacial score (nSPS) is 13.0. The molecule has 7 nitrogen and oxygen atoms in total. The van der Waals surface area contributed by atoms with Crippen LogP contribution in [0.15, 0.2) is 42.5 Å². The maximum atomic E-state index is 12.5. The Morgan fingerprint density at radius 1 is 1.15 bits per heavy atom. The fraction of sp³-hybridized carbons (Fsp3) is 0.111. The van der Waals surface area contributed by atoms with Gasteiger partial charge in [-0.2, -0.15) is 4.98 Å². The number of rotatable bonds is 3. The van der Waals surface area contributed by atoms with Crippen molar-refractivity contribution in [3.8, 4) is 11.4 Å². The summed E-state index contributed by atoms with van der Waals surface area (Å²) in [6, 6.07) is 12.4. The summed E-state index contributed by atoms with van der Waals surface area (Å²) in [6.07, 6.45) is 1.03. The van der Waals surface area contributed by atoms with Crippen molar-refractivity contribution >= 4 is 35.1 Å². The lowest BCUT2D eigenvalue weighted by Crippen LogP contribution is -2.20. The first-order chi connectivity index (χ1) is 12.6. The van der Waals surface area contributed by atoms with Crippen LogP contribution >= 0.6 is 11.6 Å². The van der Waals surface area contributed by atoms with Gasteiger partial charge < -0.3 is 5.32 Å². The Balaban J connectivity index is 1.52. The molecule has 3 aromatic rings. The summed E-state index contributed by atoms with van der Waals surface area (Å²) in [5, 5.41) is 12.8. The van der Waals surface area contributed by atoms with Crippen molar-refractivity contribution < 1.29 is 9.59 Å². The molecule has 0 saturated heterocycles. The van der Waals surface area contributed by atoms with Crippen molar-refractivity contribution in [3.63, 3.8) is 0 Å². The average Bonchev–Trinajstić information content (AvgIpc) is 3.09. The van der Waals surface area contributed by atoms with Crippen LogP contribution < -0.4 is 10.6 Å². The van der Waals surface area contributed by atoms with E-state index in [1.807, 2.05) is 18.2 Å². The van der Waals surface area contributed by atoms with E-state index in [9.17, 15) is 9.59 Å². The van der Waals surface area contributed by atoms with Crippen molar-refractivity contribution in [1.82, 2.24) is 15.2 Å². The molecule has 8 heteroatoms. The molecule has 3 N–H and O–H groups in total. The number of hydrogen-bond acceptors (Lipinski definition) is 4. The quantitative estimate of drug-likeness (QED) is 0.661. The number of aromatic nitrogens is 3. The van der Waals surface area contributed by atoms with Crippen LogP contribution in [0.5, 0.6) is 0 Å². The summed E-state index contributed by atoms with van der Waals surface area (Å²) in [4.78, 5) is 28.1. The van der Waals surface area contributed by atoms with Crippen LogP contribution in [0.1, 0.15) is 22.3 Å². The maximum Gasteiger partial charge on any atom is 0.258 e. The topological polar surface area (TPSA) is 99.8 Å². The molecule has 0 unspecified atom stereocenters. The standard InChI is InChI=1S/C18H14ClN5O2/c19-13-4-2-1-3-12(13)16-21-18(24-23-16)22-17(26)11-5-7-14-10(9-11)6-8-15(25)20-14/h1-5,7,9H,6,8H2,(H,20,25)(H2,21,22,23,24,26). The fourth-order valence-electron chi connectivity index (χ4n) is 2.79. The maximum absolute atomic E-state index is 12.5. The molecule has 2 aromatic carbocycles. The minimum Gasteiger partial charge on any atom is -0.326 e. The average molecular weight is 368 g/mol. The highest BCUT2D eigenvalue weighted by Gasteiger charge is 2.18. The van der Waals surface area contributed by atoms with Gasteiger partial charge in [0.15, 0.2) is 5.82 Å². The van der Waals surface area contributed by atoms with Gasteiger partial charge in [0.25, 0.3) is 5.91 Å². The molecular weight excluding hydrogens is 354 g/mol. The number of amides is 2. The predicted molar refractivity (Wildman–Crippen MR) is 98.2 cm³/mol. The van der Waals surface area contributed by atoms with Crippen LogP contribution in [0.25, 0.3) is 11.4 Å². The second-order valence-electron chi connectivity index (χ2n) is 5.86. The Labute approximate surface area is 153 Å². The number of aryl methyl sites for hydroxylation is 1. The van der Waals surface area contributed by atoms with Gasteiger partial charge in [-0.15, -0.1) is 5.10 Å². The zero-order valence-electron chi connectivity index (χ0n) is 13.5. The van der Waals surface area contributed by atoms with Gasteiger partial charge in [-0.05, 0) is 42.3 Å². The summed E-state index contributed by atoms with van der Waals surface area (Å²) in [5.41, 5.74) is 2.86. The molecule has 1 aromatic heterocycles. The van der Waals surface area contributed by atoms with E-state index in [0.717, 1.165) is 11.3 Å². The van der Waals surface area contributed by atoms with Gasteiger partial charge in [0.2, 0.25) is 11.9 Å². The molecule has 2 amide bonds. The molecule has 2 heterocycles. The molecule has 0 saturated carbocycles. The van der Waals surface area contributed by atoms with Crippen molar-refractivity contribution in [2.24, 2.45) is 0 Å². The number of nitrogens with one attached hydrogen (secondary N) is 3. The molecule has 0 radical (unpaired) electrons. The van der Waals surface area contributed by atoms with E-state index in [-0.39, 0.29) is 17.8 Å². The number of halogens is 1. The fourth-order valence-corrected chi connectivity index (χ4v) is 3.02. The third kappa shape index (κ3) is 3.16. The molecule has 0 atom stereocenters. The zero-order valence-corrected chi connectivity index (χ0v) is 14.3. The molecule has 26 heavy (non-hydrogen) atoms. The Morgan fingerprint density at radius 2 is 2.00 bits per heavy atom. The van der Waals surface area contributed by atoms with Crippen LogP contribution in [0.3, 0.4) is 0 Å². The Hall–Kier alpha value is -3.19. The van der Waals surface area contributed by atoms with Crippen LogP contribution in [-0.4, -0.2) is 27.0 Å². The van der Waals surface area contributed by atoms with E-state index >= 15 is 0 Å². The summed E-state index contributed by atoms with van der Waals surface area (Å²) in [7, 11) is 0. The van der Waals surface area contributed by atoms with E-state index in [4.69, 9.17) is 11.6 Å². The van der Waals surface area contributed by atoms with Crippen molar-refractivity contribution in [1.29, 1.82) is 0 Å². The highest BCUT2D eigenvalue weighted by Crippen LogP contribution is 2.26. The van der Waals surface area contributed by atoms with Gasteiger partial charge in [-0.3, -0.25) is 20.0 Å². The first-order valence-electron chi connectivity index (χ1n) is 8.01. The van der Waals surface area contributed by atoms with Crippen molar-refractivity contribution in [2.45, 2.75) is 12.8 Å². The first kappa shape index (κ1) is 16.3. The van der Waals surface area contributed by atoms with E-state index in [0.29, 0.717) is 34.8 Å². The van der Waals surface area contributed by atoms with Crippen LogP contribution in [-0.2, 0) is 11.2 Å². The Bertz CT molecular complexity index is 1010. The molecule has 0 spiro atoms. The number of aromatic amines is 1. The largest absolute Gasteiger partial charge is 0.326 e. The van der Waals surface area contributed by atoms with Gasteiger partial charge in [-0.25, -0.2) is 0 Å². The minimum atomic E-state index is -0.325. The third-order valence-electron chi connectivity index (χ3n) is 4.10. The molecular formula is C18H14ClN5O2.